The Kier molecular flexibility index (Phi) is 29.3. The molecule has 4 heterocycles. The van der Waals surface area contributed by atoms with Crippen LogP contribution in [0.4, 0.5) is 4.79 Å². The molecule has 1 aromatic rings. The number of hydroxylamine groups is 2. The average Bonchev–Trinajstić information content (AvgIpc) is 2.45. The highest BCUT2D eigenvalue weighted by Crippen LogP contribution is 2.35. The van der Waals surface area contributed by atoms with Crippen molar-refractivity contribution >= 4 is 47.7 Å². The Morgan fingerprint density at radius 3 is 2.04 bits per heavy atom. The molecule has 0 saturated carbocycles. The van der Waals surface area contributed by atoms with E-state index in [4.69, 9.17) is 46.3 Å². The number of nitrogens with one attached hydrogen (secondary N) is 8. The number of rotatable bonds is 37. The summed E-state index contributed by atoms with van der Waals surface area (Å²) in [6.07, 6.45) is -6.04. The van der Waals surface area contributed by atoms with Gasteiger partial charge >= 0.3 is 29.6 Å². The van der Waals surface area contributed by atoms with Crippen LogP contribution >= 0.6 is 0 Å². The lowest BCUT2D eigenvalue weighted by molar-refractivity contribution is -0.231. The second kappa shape index (κ2) is 35.2. The van der Waals surface area contributed by atoms with Gasteiger partial charge in [-0.1, -0.05) is 79.1 Å². The van der Waals surface area contributed by atoms with E-state index in [2.05, 4.69) is 36.9 Å². The summed E-state index contributed by atoms with van der Waals surface area (Å²) in [5, 5.41) is 87.2. The van der Waals surface area contributed by atoms with Crippen LogP contribution in [0.5, 0.6) is 0 Å². The summed E-state index contributed by atoms with van der Waals surface area (Å²) >= 11 is 0. The van der Waals surface area contributed by atoms with Crippen LogP contribution in [0.2, 0.25) is 0 Å². The standard InChI is InChI=1S/C52H90N14O19/c1-26(2)32(46(74)75)63-51(78)64-33(28-18-22-59-50(56)60-28)44(73)62-34(39(27(3)4)83-31(68)17-14-12-10-8-6-7-9-11-13-15-23-66(80)49(54)55)43(72)58-21-16-20-57-35(47(76)77)40(85-48-42(81-5)36(69)29(25-53)82-48)41-37(70)38(71)45(84-41)65-24-19-30(67)61-52(65)79/h19,24,26-29,32-42,45,48,57,69-71,80H,6-18,20-23,25,53H2,1-5H3,(H3,54,55)(H,58,72)(H,62,73)(H,74,75)(H,76,77)(H3,56,59,60)(H,61,67,79)(H2,63,64,78)/t28-,29+,32-,33-,34-,35-,36+,37-,38+,39-,40?,41-,42+,45+,48-/m0/s1. The molecule has 3 aliphatic rings. The van der Waals surface area contributed by atoms with Crippen LogP contribution in [-0.2, 0) is 47.7 Å². The van der Waals surface area contributed by atoms with Gasteiger partial charge in [0.2, 0.25) is 17.8 Å². The largest absolute Gasteiger partial charge is 0.480 e. The van der Waals surface area contributed by atoms with Gasteiger partial charge in [0.25, 0.3) is 5.56 Å². The van der Waals surface area contributed by atoms with Crippen LogP contribution < -0.4 is 60.4 Å². The number of hydrogen-bond acceptors (Lipinski definition) is 23. The molecule has 1 aromatic heterocycles. The van der Waals surface area contributed by atoms with Gasteiger partial charge in [0.05, 0.1) is 6.04 Å². The number of nitrogens with two attached hydrogens (primary N) is 3. The third-order valence-electron chi connectivity index (χ3n) is 14.8. The zero-order valence-corrected chi connectivity index (χ0v) is 48.8. The molecule has 4 rings (SSSR count). The fraction of sp³-hybridized carbons (Fsp3) is 0.769. The van der Waals surface area contributed by atoms with Gasteiger partial charge in [0, 0.05) is 52.0 Å². The van der Waals surface area contributed by atoms with Gasteiger partial charge in [-0.2, -0.15) is 0 Å². The smallest absolute Gasteiger partial charge is 0.330 e. The summed E-state index contributed by atoms with van der Waals surface area (Å²) < 4.78 is 30.0. The molecule has 0 spiro atoms. The number of guanidine groups is 2. The minimum Gasteiger partial charge on any atom is -0.480 e. The molecule has 482 valence electrons. The summed E-state index contributed by atoms with van der Waals surface area (Å²) in [7, 11) is 1.22. The van der Waals surface area contributed by atoms with Crippen molar-refractivity contribution in [2.45, 2.75) is 203 Å². The van der Waals surface area contributed by atoms with E-state index in [9.17, 15) is 69.1 Å². The van der Waals surface area contributed by atoms with E-state index in [1.165, 1.54) is 7.11 Å². The fourth-order valence-corrected chi connectivity index (χ4v) is 10.1. The van der Waals surface area contributed by atoms with Gasteiger partial charge in [-0.05, 0) is 44.1 Å². The molecule has 0 aliphatic carbocycles. The van der Waals surface area contributed by atoms with Crippen LogP contribution in [0.15, 0.2) is 26.8 Å². The number of carboxylic acids is 2. The van der Waals surface area contributed by atoms with Crippen molar-refractivity contribution in [2.75, 3.05) is 39.8 Å². The number of aliphatic hydroxyl groups excluding tert-OH is 3. The van der Waals surface area contributed by atoms with Crippen LogP contribution in [0.1, 0.15) is 117 Å². The number of carboxylic acid groups (broad SMARTS) is 2. The number of esters is 1. The molecular formula is C52H90N14O19. The summed E-state index contributed by atoms with van der Waals surface area (Å²) in [5.41, 5.74) is 15.2. The Hall–Kier alpha value is -6.56. The van der Waals surface area contributed by atoms with Crippen molar-refractivity contribution in [2.24, 2.45) is 34.0 Å². The van der Waals surface area contributed by atoms with Crippen molar-refractivity contribution in [1.82, 2.24) is 46.5 Å². The van der Waals surface area contributed by atoms with Gasteiger partial charge in [-0.25, -0.2) is 19.4 Å². The van der Waals surface area contributed by atoms with E-state index in [1.54, 1.807) is 27.7 Å². The molecule has 2 fully saturated rings. The first kappa shape index (κ1) is 70.9. The van der Waals surface area contributed by atoms with E-state index < -0.39 is 156 Å². The Morgan fingerprint density at radius 2 is 1.47 bits per heavy atom. The lowest BCUT2D eigenvalue weighted by Crippen LogP contribution is -2.66. The van der Waals surface area contributed by atoms with Crippen molar-refractivity contribution in [3.8, 4) is 0 Å². The molecule has 2 saturated heterocycles. The van der Waals surface area contributed by atoms with E-state index in [1.807, 2.05) is 4.98 Å². The van der Waals surface area contributed by atoms with Crippen LogP contribution in [0.25, 0.3) is 0 Å². The first-order valence-electron chi connectivity index (χ1n) is 28.8. The molecule has 85 heavy (non-hydrogen) atoms. The molecule has 20 N–H and O–H groups in total. The molecule has 33 nitrogen and oxygen atoms in total. The van der Waals surface area contributed by atoms with E-state index in [0.717, 1.165) is 61.8 Å². The third-order valence-corrected chi connectivity index (χ3v) is 14.8. The number of aliphatic hydroxyl groups is 3. The summed E-state index contributed by atoms with van der Waals surface area (Å²) in [6.45, 7) is 6.19. The number of carbonyl (C=O) groups excluding carboxylic acids is 4. The monoisotopic (exact) mass is 1210 g/mol. The number of nitrogens with zero attached hydrogens (tertiary/aromatic N) is 3. The number of urea groups is 1. The normalized spacial score (nSPS) is 24.2. The molecule has 4 amide bonds. The van der Waals surface area contributed by atoms with Gasteiger partial charge < -0.3 is 98.3 Å². The number of amides is 4. The molecule has 3 aliphatic heterocycles. The second-order valence-corrected chi connectivity index (χ2v) is 21.9. The van der Waals surface area contributed by atoms with Crippen molar-refractivity contribution in [3.05, 3.63) is 33.1 Å². The minimum atomic E-state index is -1.94. The molecule has 0 bridgehead atoms. The molecule has 33 heteroatoms. The van der Waals surface area contributed by atoms with Gasteiger partial charge in [0.15, 0.2) is 18.5 Å². The highest BCUT2D eigenvalue weighted by Gasteiger charge is 2.54. The maximum absolute atomic E-state index is 14.6. The SMILES string of the molecule is CO[C@H]1[C@H](OC([C@H](NCCCNC(=O)[C@@H](NC(=O)[C@@H](NC(=O)N[C@H](C(=O)O)C(C)C)[C@@H]2CCN=C(N)N2)[C@@H](OC(=O)CCCCCCCCCCCCN(O)C(=N)N)C(C)C)C(=O)O)[C@H]2O[C@@H](n3ccc(=O)[nH]c3=O)[C@H](O)[C@@H]2O)O[C@H](CN)[C@H]1O. The molecule has 0 radical (unpaired) electrons. The van der Waals surface area contributed by atoms with Crippen LogP contribution in [-0.4, -0.2) is 218 Å². The average molecular weight is 1220 g/mol. The number of aromatic nitrogens is 2. The van der Waals surface area contributed by atoms with Crippen molar-refractivity contribution in [1.29, 1.82) is 5.41 Å². The second-order valence-electron chi connectivity index (χ2n) is 21.9. The van der Waals surface area contributed by atoms with Crippen molar-refractivity contribution in [3.63, 3.8) is 0 Å². The lowest BCUT2D eigenvalue weighted by Gasteiger charge is -2.34. The first-order chi connectivity index (χ1) is 40.3. The quantitative estimate of drug-likeness (QED) is 0.0101. The van der Waals surface area contributed by atoms with E-state index in [0.29, 0.717) is 30.9 Å². The molecule has 15 atom stereocenters. The summed E-state index contributed by atoms with van der Waals surface area (Å²) in [4.78, 5) is 112. The Labute approximate surface area is 491 Å². The number of H-pyrrole nitrogens is 1. The van der Waals surface area contributed by atoms with Crippen LogP contribution in [0.3, 0.4) is 0 Å². The Bertz CT molecular complexity index is 2490. The maximum atomic E-state index is 14.6. The summed E-state index contributed by atoms with van der Waals surface area (Å²) in [5.74, 6) is -7.05. The maximum Gasteiger partial charge on any atom is 0.330 e. The molecule has 0 aromatic carbocycles. The number of aromatic amines is 1. The van der Waals surface area contributed by atoms with E-state index in [-0.39, 0.29) is 51.4 Å². The number of hydrogen-bond donors (Lipinski definition) is 17. The van der Waals surface area contributed by atoms with Gasteiger partial charge in [-0.3, -0.25) is 49.1 Å². The topological polar surface area (TPSA) is 514 Å². The summed E-state index contributed by atoms with van der Waals surface area (Å²) in [6, 6.07) is -7.38. The number of unbranched alkanes of at least 4 members (excludes halogenated alkanes) is 9. The van der Waals surface area contributed by atoms with Gasteiger partial charge in [0.1, 0.15) is 73.0 Å². The Balaban J connectivity index is 1.52. The lowest BCUT2D eigenvalue weighted by atomic mass is 9.96. The zero-order chi connectivity index (χ0) is 63.1. The predicted molar refractivity (Wildman–Crippen MR) is 301 cm³/mol. The highest BCUT2D eigenvalue weighted by atomic mass is 16.7. The number of aliphatic carboxylic acids is 2. The zero-order valence-electron chi connectivity index (χ0n) is 48.8. The number of carbonyl (C=O) groups is 6. The Morgan fingerprint density at radius 1 is 0.835 bits per heavy atom. The van der Waals surface area contributed by atoms with E-state index >= 15 is 0 Å². The van der Waals surface area contributed by atoms with Crippen molar-refractivity contribution < 1.29 is 83.2 Å². The van der Waals surface area contributed by atoms with Gasteiger partial charge in [-0.15, -0.1) is 0 Å². The number of methoxy groups -OCH3 is 1. The molecule has 1 unspecified atom stereocenters. The highest BCUT2D eigenvalue weighted by molar-refractivity contribution is 5.94. The molecular weight excluding hydrogens is 1120 g/mol. The van der Waals surface area contributed by atoms with Crippen LogP contribution in [0, 0.1) is 17.2 Å². The number of ether oxygens (including phenoxy) is 5. The third kappa shape index (κ3) is 21.4. The fourth-order valence-electron chi connectivity index (χ4n) is 10.1. The number of aliphatic imine (C=N–C) groups is 1. The predicted octanol–water partition coefficient (Wildman–Crippen LogP) is -3.47. The first-order valence-corrected chi connectivity index (χ1v) is 28.8. The minimum absolute atomic E-state index is 0.0221.